The Hall–Kier alpha value is -6.33. The number of aromatic amines is 1. The van der Waals surface area contributed by atoms with E-state index in [1.54, 1.807) is 52.4 Å². The number of likely N-dealkylation sites (tertiary alicyclic amines) is 1. The van der Waals surface area contributed by atoms with Crippen LogP contribution in [0.5, 0.6) is 5.75 Å². The zero-order valence-corrected chi connectivity index (χ0v) is 35.1. The minimum Gasteiger partial charge on any atom is -0.453 e. The number of nitrogens with zero attached hydrogens (tertiary/aromatic N) is 5. The molecule has 2 aromatic heterocycles. The van der Waals surface area contributed by atoms with E-state index in [4.69, 9.17) is 9.47 Å². The molecule has 18 heteroatoms. The molecule has 15 nitrogen and oxygen atoms in total. The number of nitrogens with one attached hydrogen (secondary N) is 3. The number of carbonyl (C=O) groups is 4. The molecule has 2 aliphatic heterocycles. The highest BCUT2D eigenvalue weighted by Crippen LogP contribution is 2.37. The molecule has 0 bridgehead atoms. The number of rotatable bonds is 10. The van der Waals surface area contributed by atoms with Crippen molar-refractivity contribution in [2.75, 3.05) is 43.5 Å². The monoisotopic (exact) mass is 848 g/mol. The van der Waals surface area contributed by atoms with E-state index >= 15 is 0 Å². The number of hydrogen-bond donors (Lipinski definition) is 3. The fourth-order valence-corrected chi connectivity index (χ4v) is 7.41. The van der Waals surface area contributed by atoms with E-state index in [9.17, 15) is 32.3 Å². The Balaban J connectivity index is 1.13. The minimum atomic E-state index is -5.04. The van der Waals surface area contributed by atoms with E-state index in [0.717, 1.165) is 12.5 Å². The molecule has 0 unspecified atom stereocenters. The van der Waals surface area contributed by atoms with Crippen LogP contribution in [-0.2, 0) is 14.3 Å². The summed E-state index contributed by atoms with van der Waals surface area (Å²) in [6, 6.07) is 12.7. The Morgan fingerprint density at radius 2 is 1.64 bits per heavy atom. The highest BCUT2D eigenvalue weighted by atomic mass is 19.4. The van der Waals surface area contributed by atoms with Gasteiger partial charge in [-0.05, 0) is 87.9 Å². The van der Waals surface area contributed by atoms with Crippen LogP contribution in [0.4, 0.5) is 34.3 Å². The summed E-state index contributed by atoms with van der Waals surface area (Å²) in [5.41, 5.74) is 1.49. The second-order valence-electron chi connectivity index (χ2n) is 16.4. The molecule has 326 valence electrons. The lowest BCUT2D eigenvalue weighted by Crippen LogP contribution is -2.54. The van der Waals surface area contributed by atoms with E-state index in [-0.39, 0.29) is 41.1 Å². The standard InChI is InChI=1S/C43H51F3N8O7/c1-25(2)36(51-40(57)59-7)39(56)54-18-8-9-33(54)37-48-23-32(50-37)28-12-10-27(11-13-28)31-16-14-29(21-34(31)60-43(44,45)46)38(55)49-30-15-17-35(47-22-30)53-20-19-52(24-26(53)3)41(58)61-42(4,5)6/h10-17,21-23,25-26,33,36H,8-9,18-20,24H2,1-7H3,(H,48,50)(H,49,55)(H,51,57)/t26-,33+,36+/m1/s1. The predicted octanol–water partition coefficient (Wildman–Crippen LogP) is 7.78. The molecule has 0 spiro atoms. The number of hydrogen-bond acceptors (Lipinski definition) is 10. The molecule has 61 heavy (non-hydrogen) atoms. The first-order chi connectivity index (χ1) is 28.8. The third-order valence-electron chi connectivity index (χ3n) is 10.4. The van der Waals surface area contributed by atoms with Crippen molar-refractivity contribution in [3.05, 3.63) is 78.4 Å². The van der Waals surface area contributed by atoms with E-state index in [2.05, 4.69) is 30.3 Å². The number of halogens is 3. The molecular weight excluding hydrogens is 798 g/mol. The zero-order valence-electron chi connectivity index (χ0n) is 35.1. The number of alkyl carbamates (subject to hydrolysis) is 1. The Labute approximate surface area is 351 Å². The van der Waals surface area contributed by atoms with Crippen molar-refractivity contribution in [2.45, 2.75) is 84.5 Å². The number of aromatic nitrogens is 3. The molecule has 2 fully saturated rings. The van der Waals surface area contributed by atoms with Gasteiger partial charge in [0.2, 0.25) is 5.91 Å². The largest absolute Gasteiger partial charge is 0.573 e. The summed E-state index contributed by atoms with van der Waals surface area (Å²) in [7, 11) is 1.24. The van der Waals surface area contributed by atoms with Crippen LogP contribution in [0.3, 0.4) is 0 Å². The molecule has 2 saturated heterocycles. The molecule has 3 atom stereocenters. The van der Waals surface area contributed by atoms with Crippen molar-refractivity contribution in [3.8, 4) is 28.1 Å². The van der Waals surface area contributed by atoms with Crippen LogP contribution in [0.25, 0.3) is 22.4 Å². The van der Waals surface area contributed by atoms with Crippen molar-refractivity contribution < 1.29 is 46.6 Å². The third kappa shape index (κ3) is 10.9. The topological polar surface area (TPSA) is 171 Å². The van der Waals surface area contributed by atoms with Gasteiger partial charge in [-0.3, -0.25) is 9.59 Å². The minimum absolute atomic E-state index is 0.0659. The van der Waals surface area contributed by atoms with Crippen LogP contribution < -0.4 is 20.3 Å². The van der Waals surface area contributed by atoms with E-state index in [1.807, 2.05) is 46.4 Å². The Kier molecular flexibility index (Phi) is 13.1. The maximum atomic E-state index is 13.7. The van der Waals surface area contributed by atoms with Crippen molar-refractivity contribution >= 4 is 35.5 Å². The average Bonchev–Trinajstić information content (AvgIpc) is 3.90. The van der Waals surface area contributed by atoms with Crippen LogP contribution in [0.1, 0.15) is 76.6 Å². The zero-order chi connectivity index (χ0) is 44.2. The Morgan fingerprint density at radius 1 is 0.918 bits per heavy atom. The summed E-state index contributed by atoms with van der Waals surface area (Å²) in [5.74, 6) is -0.449. The fraction of sp³-hybridized carbons (Fsp3) is 0.442. The van der Waals surface area contributed by atoms with Gasteiger partial charge in [0.05, 0.1) is 36.9 Å². The average molecular weight is 849 g/mol. The SMILES string of the molecule is COC(=O)N[C@H](C(=O)N1CCC[C@H]1c1ncc(-c2ccc(-c3ccc(C(=O)Nc4ccc(N5CCN(C(=O)OC(C)(C)C)C[C@H]5C)nc4)cc3OC(F)(F)F)cc2)[nH]1)C(C)C. The van der Waals surface area contributed by atoms with Crippen molar-refractivity contribution in [3.63, 3.8) is 0 Å². The van der Waals surface area contributed by atoms with Gasteiger partial charge in [0.15, 0.2) is 0 Å². The lowest BCUT2D eigenvalue weighted by Gasteiger charge is -2.40. The normalized spacial score (nSPS) is 17.5. The number of carbonyl (C=O) groups excluding carboxylic acids is 4. The Morgan fingerprint density at radius 3 is 2.26 bits per heavy atom. The first kappa shape index (κ1) is 44.2. The highest BCUT2D eigenvalue weighted by molar-refractivity contribution is 6.05. The van der Waals surface area contributed by atoms with Gasteiger partial charge in [-0.2, -0.15) is 0 Å². The van der Waals surface area contributed by atoms with Gasteiger partial charge >= 0.3 is 18.5 Å². The summed E-state index contributed by atoms with van der Waals surface area (Å²) in [6.07, 6.45) is -1.61. The molecule has 2 aliphatic rings. The van der Waals surface area contributed by atoms with Crippen molar-refractivity contribution in [2.24, 2.45) is 5.92 Å². The van der Waals surface area contributed by atoms with Gasteiger partial charge in [-0.25, -0.2) is 19.6 Å². The molecule has 0 saturated carbocycles. The molecule has 4 amide bonds. The molecule has 6 rings (SSSR count). The second kappa shape index (κ2) is 18.1. The van der Waals surface area contributed by atoms with Crippen LogP contribution in [0, 0.1) is 5.92 Å². The molecule has 3 N–H and O–H groups in total. The summed E-state index contributed by atoms with van der Waals surface area (Å²) in [6.45, 7) is 13.0. The quantitative estimate of drug-likeness (QED) is 0.143. The number of H-pyrrole nitrogens is 1. The summed E-state index contributed by atoms with van der Waals surface area (Å²) < 4.78 is 55.7. The number of ether oxygens (including phenoxy) is 3. The first-order valence-corrected chi connectivity index (χ1v) is 20.0. The first-order valence-electron chi connectivity index (χ1n) is 20.0. The number of methoxy groups -OCH3 is 1. The second-order valence-corrected chi connectivity index (χ2v) is 16.4. The molecule has 4 aromatic rings. The van der Waals surface area contributed by atoms with Gasteiger partial charge < -0.3 is 44.5 Å². The van der Waals surface area contributed by atoms with E-state index < -0.39 is 35.8 Å². The van der Waals surface area contributed by atoms with Crippen molar-refractivity contribution in [1.82, 2.24) is 30.1 Å². The number of amides is 4. The molecule has 4 heterocycles. The number of alkyl halides is 3. The van der Waals surface area contributed by atoms with Gasteiger partial charge in [0.25, 0.3) is 5.91 Å². The predicted molar refractivity (Wildman–Crippen MR) is 221 cm³/mol. The number of imidazole rings is 1. The number of anilines is 2. The number of piperazine rings is 1. The van der Waals surface area contributed by atoms with Gasteiger partial charge in [0, 0.05) is 43.3 Å². The maximum absolute atomic E-state index is 13.7. The lowest BCUT2D eigenvalue weighted by molar-refractivity contribution is -0.274. The number of benzene rings is 2. The molecule has 2 aromatic carbocycles. The third-order valence-corrected chi connectivity index (χ3v) is 10.4. The number of pyridine rings is 1. The highest BCUT2D eigenvalue weighted by Gasteiger charge is 2.38. The van der Waals surface area contributed by atoms with Crippen LogP contribution in [0.2, 0.25) is 0 Å². The maximum Gasteiger partial charge on any atom is 0.573 e. The molecule has 0 radical (unpaired) electrons. The van der Waals surface area contributed by atoms with Gasteiger partial charge in [-0.15, -0.1) is 13.2 Å². The Bertz CT molecular complexity index is 2210. The molecular formula is C43H51F3N8O7. The summed E-state index contributed by atoms with van der Waals surface area (Å²) >= 11 is 0. The lowest BCUT2D eigenvalue weighted by atomic mass is 10.00. The van der Waals surface area contributed by atoms with Gasteiger partial charge in [-0.1, -0.05) is 38.1 Å². The summed E-state index contributed by atoms with van der Waals surface area (Å²) in [4.78, 5) is 69.1. The van der Waals surface area contributed by atoms with E-state index in [0.29, 0.717) is 66.8 Å². The molecule has 0 aliphatic carbocycles. The fourth-order valence-electron chi connectivity index (χ4n) is 7.41. The smallest absolute Gasteiger partial charge is 0.453 e. The van der Waals surface area contributed by atoms with Crippen molar-refractivity contribution in [1.29, 1.82) is 0 Å². The van der Waals surface area contributed by atoms with E-state index in [1.165, 1.54) is 25.4 Å². The van der Waals surface area contributed by atoms with Crippen LogP contribution in [-0.4, -0.2) is 106 Å². The van der Waals surface area contributed by atoms with Crippen LogP contribution >= 0.6 is 0 Å². The van der Waals surface area contributed by atoms with Crippen LogP contribution in [0.15, 0.2) is 67.0 Å². The summed E-state index contributed by atoms with van der Waals surface area (Å²) in [5, 5.41) is 5.32. The van der Waals surface area contributed by atoms with Gasteiger partial charge in [0.1, 0.15) is 29.0 Å².